The molecule has 3 heteroatoms. The van der Waals surface area contributed by atoms with E-state index in [0.717, 1.165) is 18.1 Å². The first kappa shape index (κ1) is 12.4. The minimum Gasteiger partial charge on any atom is -0.312 e. The van der Waals surface area contributed by atoms with Crippen molar-refractivity contribution >= 4 is 33.0 Å². The number of benzene rings is 2. The average Bonchev–Trinajstić information content (AvgIpc) is 2.92. The molecule has 1 N–H and O–H groups in total. The maximum absolute atomic E-state index is 6.30. The lowest BCUT2D eigenvalue weighted by atomic mass is 9.89. The maximum atomic E-state index is 6.30. The van der Waals surface area contributed by atoms with E-state index in [1.54, 1.807) is 0 Å². The van der Waals surface area contributed by atoms with Gasteiger partial charge in [0.25, 0.3) is 0 Å². The highest BCUT2D eigenvalue weighted by Crippen LogP contribution is 2.39. The van der Waals surface area contributed by atoms with Gasteiger partial charge in [0.1, 0.15) is 0 Å². The summed E-state index contributed by atoms with van der Waals surface area (Å²) in [5, 5.41) is 5.55. The molecule has 1 aromatic heterocycles. The highest BCUT2D eigenvalue weighted by Gasteiger charge is 2.23. The van der Waals surface area contributed by atoms with Crippen molar-refractivity contribution < 1.29 is 0 Å². The second-order valence-electron chi connectivity index (χ2n) is 5.18. The highest BCUT2D eigenvalue weighted by molar-refractivity contribution is 7.19. The van der Waals surface area contributed by atoms with Crippen molar-refractivity contribution in [3.63, 3.8) is 0 Å². The minimum atomic E-state index is 0.438. The third-order valence-electron chi connectivity index (χ3n) is 3.97. The zero-order valence-corrected chi connectivity index (χ0v) is 12.5. The van der Waals surface area contributed by atoms with Crippen molar-refractivity contribution in [3.8, 4) is 0 Å². The van der Waals surface area contributed by atoms with Crippen LogP contribution in [-0.4, -0.2) is 6.54 Å². The van der Waals surface area contributed by atoms with Crippen LogP contribution in [0.15, 0.2) is 48.5 Å². The van der Waals surface area contributed by atoms with E-state index in [9.17, 15) is 0 Å². The first-order valence-electron chi connectivity index (χ1n) is 6.79. The third kappa shape index (κ3) is 1.96. The second kappa shape index (κ2) is 4.88. The lowest BCUT2D eigenvalue weighted by molar-refractivity contribution is 0.596. The minimum absolute atomic E-state index is 0.438. The van der Waals surface area contributed by atoms with Gasteiger partial charge in [-0.25, -0.2) is 0 Å². The van der Waals surface area contributed by atoms with Crippen LogP contribution in [0.3, 0.4) is 0 Å². The van der Waals surface area contributed by atoms with Crippen molar-refractivity contribution in [2.24, 2.45) is 0 Å². The molecule has 1 unspecified atom stereocenters. The van der Waals surface area contributed by atoms with Gasteiger partial charge >= 0.3 is 0 Å². The van der Waals surface area contributed by atoms with Gasteiger partial charge in [0.2, 0.25) is 0 Å². The molecule has 0 saturated heterocycles. The second-order valence-corrected chi connectivity index (χ2v) is 6.71. The molecule has 100 valence electrons. The van der Waals surface area contributed by atoms with Crippen LogP contribution >= 0.6 is 22.9 Å². The summed E-state index contributed by atoms with van der Waals surface area (Å²) >= 11 is 8.16. The van der Waals surface area contributed by atoms with E-state index < -0.39 is 0 Å². The quantitative estimate of drug-likeness (QED) is 0.681. The molecule has 1 aliphatic rings. The molecule has 0 amide bonds. The molecule has 0 spiro atoms. The summed E-state index contributed by atoms with van der Waals surface area (Å²) in [6, 6.07) is 17.1. The predicted octanol–water partition coefficient (Wildman–Crippen LogP) is 4.79. The van der Waals surface area contributed by atoms with Crippen LogP contribution in [0.1, 0.15) is 21.9 Å². The molecule has 2 aromatic carbocycles. The van der Waals surface area contributed by atoms with Gasteiger partial charge in [0, 0.05) is 39.0 Å². The summed E-state index contributed by atoms with van der Waals surface area (Å²) in [5.74, 6) is 0.438. The van der Waals surface area contributed by atoms with Crippen LogP contribution in [0.2, 0.25) is 5.02 Å². The van der Waals surface area contributed by atoms with E-state index in [1.807, 2.05) is 23.5 Å². The monoisotopic (exact) mass is 299 g/mol. The van der Waals surface area contributed by atoms with E-state index >= 15 is 0 Å². The Bertz CT molecular complexity index is 778. The fourth-order valence-electron chi connectivity index (χ4n) is 2.97. The summed E-state index contributed by atoms with van der Waals surface area (Å²) in [4.78, 5) is 1.40. The zero-order chi connectivity index (χ0) is 13.5. The van der Waals surface area contributed by atoms with Gasteiger partial charge in [-0.3, -0.25) is 0 Å². The van der Waals surface area contributed by atoms with E-state index in [-0.39, 0.29) is 0 Å². The number of hydrogen-bond donors (Lipinski definition) is 1. The molecule has 0 bridgehead atoms. The largest absolute Gasteiger partial charge is 0.312 e. The van der Waals surface area contributed by atoms with E-state index in [4.69, 9.17) is 11.6 Å². The highest BCUT2D eigenvalue weighted by atomic mass is 35.5. The Morgan fingerprint density at radius 1 is 1.10 bits per heavy atom. The number of thiophene rings is 1. The van der Waals surface area contributed by atoms with Crippen molar-refractivity contribution in [2.45, 2.75) is 12.5 Å². The summed E-state index contributed by atoms with van der Waals surface area (Å²) in [7, 11) is 0. The molecule has 1 aliphatic heterocycles. The van der Waals surface area contributed by atoms with Gasteiger partial charge in [-0.1, -0.05) is 41.9 Å². The fourth-order valence-corrected chi connectivity index (χ4v) is 4.46. The van der Waals surface area contributed by atoms with Crippen LogP contribution in [0.4, 0.5) is 0 Å². The molecule has 1 atom stereocenters. The molecule has 2 heterocycles. The van der Waals surface area contributed by atoms with Gasteiger partial charge < -0.3 is 5.32 Å². The Balaban J connectivity index is 1.86. The molecule has 0 radical (unpaired) electrons. The van der Waals surface area contributed by atoms with Crippen molar-refractivity contribution in [2.75, 3.05) is 6.54 Å². The Labute approximate surface area is 127 Å². The maximum Gasteiger partial charge on any atom is 0.0492 e. The molecule has 3 aromatic rings. The molecule has 0 saturated carbocycles. The summed E-state index contributed by atoms with van der Waals surface area (Å²) in [6.45, 7) is 1.97. The van der Waals surface area contributed by atoms with E-state index in [0.29, 0.717) is 5.92 Å². The standard InChI is InChI=1S/C17H14ClNS/c18-15-6-3-7-16-13(15)8-17(20-16)14-10-19-9-11-4-1-2-5-12(11)14/h1-8,14,19H,9-10H2. The first-order chi connectivity index (χ1) is 9.83. The molecular formula is C17H14ClNS. The van der Waals surface area contributed by atoms with E-state index in [2.05, 4.69) is 41.7 Å². The molecule has 0 fully saturated rings. The zero-order valence-electron chi connectivity index (χ0n) is 10.9. The number of fused-ring (bicyclic) bond motifs is 2. The van der Waals surface area contributed by atoms with Crippen molar-refractivity contribution in [1.29, 1.82) is 0 Å². The fraction of sp³-hybridized carbons (Fsp3) is 0.176. The topological polar surface area (TPSA) is 12.0 Å². The van der Waals surface area contributed by atoms with Gasteiger partial charge in [-0.15, -0.1) is 11.3 Å². The van der Waals surface area contributed by atoms with Crippen LogP contribution in [0.25, 0.3) is 10.1 Å². The lowest BCUT2D eigenvalue weighted by Gasteiger charge is -2.25. The summed E-state index contributed by atoms with van der Waals surface area (Å²) in [6.07, 6.45) is 0. The van der Waals surface area contributed by atoms with Gasteiger partial charge in [-0.05, 0) is 29.3 Å². The van der Waals surface area contributed by atoms with E-state index in [1.165, 1.54) is 26.1 Å². The van der Waals surface area contributed by atoms with Crippen molar-refractivity contribution in [3.05, 3.63) is 69.6 Å². The first-order valence-corrected chi connectivity index (χ1v) is 7.99. The SMILES string of the molecule is Clc1cccc2sc(C3CNCc4ccccc43)cc12. The smallest absolute Gasteiger partial charge is 0.0492 e. The van der Waals surface area contributed by atoms with Crippen molar-refractivity contribution in [1.82, 2.24) is 5.32 Å². The van der Waals surface area contributed by atoms with Crippen LogP contribution in [-0.2, 0) is 6.54 Å². The average molecular weight is 300 g/mol. The van der Waals surface area contributed by atoms with Crippen LogP contribution in [0, 0.1) is 0 Å². The summed E-state index contributed by atoms with van der Waals surface area (Å²) in [5.41, 5.74) is 2.86. The van der Waals surface area contributed by atoms with Gasteiger partial charge in [-0.2, -0.15) is 0 Å². The molecule has 20 heavy (non-hydrogen) atoms. The van der Waals surface area contributed by atoms with Crippen LogP contribution < -0.4 is 5.32 Å². The molecule has 1 nitrogen and oxygen atoms in total. The molecule has 0 aliphatic carbocycles. The van der Waals surface area contributed by atoms with Crippen LogP contribution in [0.5, 0.6) is 0 Å². The van der Waals surface area contributed by atoms with Gasteiger partial charge in [0.15, 0.2) is 0 Å². The normalized spacial score (nSPS) is 18.1. The summed E-state index contributed by atoms with van der Waals surface area (Å²) < 4.78 is 1.27. The Kier molecular flexibility index (Phi) is 3.03. The Hall–Kier alpha value is -1.35. The number of halogens is 1. The van der Waals surface area contributed by atoms with Gasteiger partial charge in [0.05, 0.1) is 0 Å². The predicted molar refractivity (Wildman–Crippen MR) is 86.8 cm³/mol. The Morgan fingerprint density at radius 2 is 2.00 bits per heavy atom. The number of rotatable bonds is 1. The Morgan fingerprint density at radius 3 is 2.90 bits per heavy atom. The molecular weight excluding hydrogens is 286 g/mol. The number of hydrogen-bond acceptors (Lipinski definition) is 2. The number of nitrogens with one attached hydrogen (secondary N) is 1. The third-order valence-corrected chi connectivity index (χ3v) is 5.51. The lowest BCUT2D eigenvalue weighted by Crippen LogP contribution is -2.28. The molecule has 4 rings (SSSR count).